The molecule has 1 unspecified atom stereocenters. The van der Waals surface area contributed by atoms with Crippen LogP contribution in [0.4, 0.5) is 8.78 Å². The van der Waals surface area contributed by atoms with E-state index in [0.29, 0.717) is 0 Å². The number of hydrogen-bond acceptors (Lipinski definition) is 4. The van der Waals surface area contributed by atoms with Gasteiger partial charge in [0, 0.05) is 6.54 Å². The summed E-state index contributed by atoms with van der Waals surface area (Å²) in [5.74, 6) is -0.561. The van der Waals surface area contributed by atoms with Crippen molar-refractivity contribution in [3.8, 4) is 0 Å². The van der Waals surface area contributed by atoms with Crippen molar-refractivity contribution in [1.82, 2.24) is 4.90 Å². The van der Waals surface area contributed by atoms with Gasteiger partial charge in [0.25, 0.3) is 6.43 Å². The molecule has 0 aliphatic carbocycles. The second kappa shape index (κ2) is 6.67. The van der Waals surface area contributed by atoms with Crippen LogP contribution in [0, 0.1) is 0 Å². The fourth-order valence-electron chi connectivity index (χ4n) is 0.970. The third-order valence-electron chi connectivity index (χ3n) is 1.55. The van der Waals surface area contributed by atoms with Crippen molar-refractivity contribution in [2.45, 2.75) is 19.4 Å². The lowest BCUT2D eigenvalue weighted by atomic mass is 10.3. The maximum Gasteiger partial charge on any atom is 0.324 e. The Morgan fingerprint density at radius 2 is 2.07 bits per heavy atom. The molecule has 0 bridgehead atoms. The first-order chi connectivity index (χ1) is 6.47. The number of carbonyl (C=O) groups is 1. The molecular weight excluding hydrogens is 194 g/mol. The van der Waals surface area contributed by atoms with Crippen LogP contribution in [-0.4, -0.2) is 50.1 Å². The summed E-state index contributed by atoms with van der Waals surface area (Å²) in [5, 5.41) is 0. The molecule has 0 aliphatic rings. The highest BCUT2D eigenvalue weighted by atomic mass is 19.3. The summed E-state index contributed by atoms with van der Waals surface area (Å²) in [6, 6.07) is -0.862. The summed E-state index contributed by atoms with van der Waals surface area (Å²) in [5.41, 5.74) is 5.42. The molecule has 0 fully saturated rings. The number of alkyl halides is 2. The molecule has 2 N–H and O–H groups in total. The molecule has 0 saturated heterocycles. The second-order valence-electron chi connectivity index (χ2n) is 2.97. The van der Waals surface area contributed by atoms with E-state index in [2.05, 4.69) is 4.74 Å². The fraction of sp³-hybridized carbons (Fsp3) is 0.875. The molecule has 1 atom stereocenters. The molecule has 0 radical (unpaired) electrons. The predicted octanol–water partition coefficient (Wildman–Crippen LogP) is 0.0737. The Bertz CT molecular complexity index is 179. The van der Waals surface area contributed by atoms with Crippen LogP contribution < -0.4 is 5.73 Å². The van der Waals surface area contributed by atoms with Gasteiger partial charge in [0.2, 0.25) is 0 Å². The number of hydrogen-bond donors (Lipinski definition) is 1. The molecule has 14 heavy (non-hydrogen) atoms. The standard InChI is InChI=1S/C8H16F2N2O2/c1-3-14-8(13)6(11)4-12(2)5-7(9)10/h6-7H,3-5,11H2,1-2H3. The van der Waals surface area contributed by atoms with E-state index in [4.69, 9.17) is 5.73 Å². The summed E-state index contributed by atoms with van der Waals surface area (Å²) in [6.07, 6.45) is -2.42. The first kappa shape index (κ1) is 13.2. The number of ether oxygens (including phenoxy) is 1. The van der Waals surface area contributed by atoms with E-state index in [1.807, 2.05) is 0 Å². The molecule has 0 aromatic heterocycles. The molecule has 6 heteroatoms. The summed E-state index contributed by atoms with van der Waals surface area (Å²) in [6.45, 7) is 1.58. The lowest BCUT2D eigenvalue weighted by molar-refractivity contribution is -0.145. The van der Waals surface area contributed by atoms with Crippen molar-refractivity contribution >= 4 is 5.97 Å². The van der Waals surface area contributed by atoms with Crippen LogP contribution in [0.2, 0.25) is 0 Å². The van der Waals surface area contributed by atoms with Gasteiger partial charge in [-0.05, 0) is 14.0 Å². The fourth-order valence-corrected chi connectivity index (χ4v) is 0.970. The second-order valence-corrected chi connectivity index (χ2v) is 2.97. The van der Waals surface area contributed by atoms with Gasteiger partial charge < -0.3 is 10.5 Å². The minimum absolute atomic E-state index is 0.0726. The Hall–Kier alpha value is -0.750. The van der Waals surface area contributed by atoms with E-state index in [-0.39, 0.29) is 13.2 Å². The minimum atomic E-state index is -2.42. The van der Waals surface area contributed by atoms with Crippen LogP contribution in [0.15, 0.2) is 0 Å². The van der Waals surface area contributed by atoms with E-state index in [0.717, 1.165) is 0 Å². The number of rotatable bonds is 6. The zero-order valence-corrected chi connectivity index (χ0v) is 8.37. The van der Waals surface area contributed by atoms with Gasteiger partial charge in [-0.15, -0.1) is 0 Å². The van der Waals surface area contributed by atoms with E-state index in [9.17, 15) is 13.6 Å². The third-order valence-corrected chi connectivity index (χ3v) is 1.55. The van der Waals surface area contributed by atoms with Gasteiger partial charge in [-0.25, -0.2) is 8.78 Å². The molecule has 0 aliphatic heterocycles. The molecule has 0 spiro atoms. The van der Waals surface area contributed by atoms with Crippen molar-refractivity contribution in [3.05, 3.63) is 0 Å². The van der Waals surface area contributed by atoms with Crippen LogP contribution in [0.5, 0.6) is 0 Å². The summed E-state index contributed by atoms with van der Waals surface area (Å²) >= 11 is 0. The van der Waals surface area contributed by atoms with Gasteiger partial charge in [-0.1, -0.05) is 0 Å². The van der Waals surface area contributed by atoms with Gasteiger partial charge >= 0.3 is 5.97 Å². The molecular formula is C8H16F2N2O2. The number of carbonyl (C=O) groups excluding carboxylic acids is 1. The average molecular weight is 210 g/mol. The molecule has 0 amide bonds. The number of nitrogens with zero attached hydrogens (tertiary/aromatic N) is 1. The molecule has 0 heterocycles. The summed E-state index contributed by atoms with van der Waals surface area (Å²) in [7, 11) is 1.48. The number of halogens is 2. The molecule has 0 saturated carbocycles. The Kier molecular flexibility index (Phi) is 6.31. The van der Waals surface area contributed by atoms with Gasteiger partial charge in [0.05, 0.1) is 13.2 Å². The molecule has 0 aromatic rings. The molecule has 4 nitrogen and oxygen atoms in total. The summed E-state index contributed by atoms with van der Waals surface area (Å²) < 4.78 is 28.4. The Balaban J connectivity index is 3.80. The van der Waals surface area contributed by atoms with E-state index >= 15 is 0 Å². The van der Waals surface area contributed by atoms with E-state index < -0.39 is 25.0 Å². The molecule has 0 rings (SSSR count). The number of likely N-dealkylation sites (N-methyl/N-ethyl adjacent to an activating group) is 1. The maximum atomic E-state index is 11.9. The first-order valence-corrected chi connectivity index (χ1v) is 4.36. The third kappa shape index (κ3) is 5.82. The van der Waals surface area contributed by atoms with E-state index in [1.54, 1.807) is 6.92 Å². The van der Waals surface area contributed by atoms with Gasteiger partial charge in [0.15, 0.2) is 0 Å². The zero-order chi connectivity index (χ0) is 11.1. The van der Waals surface area contributed by atoms with Gasteiger partial charge in [-0.3, -0.25) is 9.69 Å². The number of esters is 1. The van der Waals surface area contributed by atoms with Crippen LogP contribution in [0.3, 0.4) is 0 Å². The SMILES string of the molecule is CCOC(=O)C(N)CN(C)CC(F)F. The highest BCUT2D eigenvalue weighted by molar-refractivity contribution is 5.75. The zero-order valence-electron chi connectivity index (χ0n) is 8.37. The van der Waals surface area contributed by atoms with Crippen LogP contribution in [-0.2, 0) is 9.53 Å². The highest BCUT2D eigenvalue weighted by Crippen LogP contribution is 1.97. The average Bonchev–Trinajstić information content (AvgIpc) is 2.02. The Morgan fingerprint density at radius 1 is 1.50 bits per heavy atom. The van der Waals surface area contributed by atoms with Crippen molar-refractivity contribution in [3.63, 3.8) is 0 Å². The first-order valence-electron chi connectivity index (χ1n) is 4.36. The van der Waals surface area contributed by atoms with E-state index in [1.165, 1.54) is 11.9 Å². The van der Waals surface area contributed by atoms with Crippen molar-refractivity contribution in [1.29, 1.82) is 0 Å². The molecule has 84 valence electrons. The monoisotopic (exact) mass is 210 g/mol. The maximum absolute atomic E-state index is 11.9. The summed E-state index contributed by atoms with van der Waals surface area (Å²) in [4.78, 5) is 12.3. The van der Waals surface area contributed by atoms with Crippen molar-refractivity contribution in [2.24, 2.45) is 5.73 Å². The number of nitrogens with two attached hydrogens (primary N) is 1. The lowest BCUT2D eigenvalue weighted by Gasteiger charge is -2.19. The molecule has 0 aromatic carbocycles. The highest BCUT2D eigenvalue weighted by Gasteiger charge is 2.18. The van der Waals surface area contributed by atoms with Crippen molar-refractivity contribution < 1.29 is 18.3 Å². The predicted molar refractivity (Wildman–Crippen MR) is 48.1 cm³/mol. The van der Waals surface area contributed by atoms with Crippen LogP contribution in [0.25, 0.3) is 0 Å². The Morgan fingerprint density at radius 3 is 2.50 bits per heavy atom. The minimum Gasteiger partial charge on any atom is -0.465 e. The van der Waals surface area contributed by atoms with Gasteiger partial charge in [0.1, 0.15) is 6.04 Å². The Labute approximate surface area is 82.0 Å². The topological polar surface area (TPSA) is 55.6 Å². The lowest BCUT2D eigenvalue weighted by Crippen LogP contribution is -2.43. The van der Waals surface area contributed by atoms with Crippen LogP contribution >= 0.6 is 0 Å². The largest absolute Gasteiger partial charge is 0.465 e. The van der Waals surface area contributed by atoms with Crippen molar-refractivity contribution in [2.75, 3.05) is 26.7 Å². The smallest absolute Gasteiger partial charge is 0.324 e. The van der Waals surface area contributed by atoms with Gasteiger partial charge in [-0.2, -0.15) is 0 Å². The quantitative estimate of drug-likeness (QED) is 0.630. The van der Waals surface area contributed by atoms with Crippen LogP contribution in [0.1, 0.15) is 6.92 Å². The normalized spacial score (nSPS) is 13.4.